The van der Waals surface area contributed by atoms with E-state index in [1.807, 2.05) is 30.3 Å². The van der Waals surface area contributed by atoms with Gasteiger partial charge in [0, 0.05) is 15.5 Å². The Hall–Kier alpha value is -2.73. The van der Waals surface area contributed by atoms with Gasteiger partial charge in [-0.15, -0.1) is 0 Å². The molecule has 1 saturated carbocycles. The van der Waals surface area contributed by atoms with Gasteiger partial charge < -0.3 is 0 Å². The van der Waals surface area contributed by atoms with Gasteiger partial charge in [0.2, 0.25) is 5.95 Å². The number of hydrogen-bond acceptors (Lipinski definition) is 4. The Kier molecular flexibility index (Phi) is 5.03. The smallest absolute Gasteiger partial charge is 0.256 e. The molecule has 0 aliphatic heterocycles. The van der Waals surface area contributed by atoms with Crippen molar-refractivity contribution in [2.75, 3.05) is 5.43 Å². The maximum absolute atomic E-state index is 13.2. The highest BCUT2D eigenvalue weighted by molar-refractivity contribution is 9.10. The number of hydrogen-bond donors (Lipinski definition) is 2. The second-order valence-corrected chi connectivity index (χ2v) is 9.15. The lowest BCUT2D eigenvalue weighted by Gasteiger charge is -2.41. The molecule has 30 heavy (non-hydrogen) atoms. The van der Waals surface area contributed by atoms with Gasteiger partial charge in [0.05, 0.1) is 17.5 Å². The predicted octanol–water partition coefficient (Wildman–Crippen LogP) is 5.40. The van der Waals surface area contributed by atoms with Gasteiger partial charge in [-0.05, 0) is 42.5 Å². The molecule has 2 aliphatic rings. The fraction of sp³-hybridized carbons (Fsp3) is 0.292. The van der Waals surface area contributed by atoms with Crippen LogP contribution in [0.5, 0.6) is 0 Å². The van der Waals surface area contributed by atoms with E-state index in [0.29, 0.717) is 5.95 Å². The predicted molar refractivity (Wildman–Crippen MR) is 124 cm³/mol. The van der Waals surface area contributed by atoms with Crippen LogP contribution in [0.4, 0.5) is 5.95 Å². The van der Waals surface area contributed by atoms with E-state index in [4.69, 9.17) is 4.98 Å². The average Bonchev–Trinajstić information content (AvgIpc) is 2.75. The summed E-state index contributed by atoms with van der Waals surface area (Å²) in [6.45, 7) is 0. The van der Waals surface area contributed by atoms with Crippen LogP contribution in [0, 0.1) is 0 Å². The van der Waals surface area contributed by atoms with Crippen LogP contribution in [0.1, 0.15) is 48.8 Å². The third kappa shape index (κ3) is 3.49. The number of nitrogens with one attached hydrogen (secondary N) is 2. The number of hydrazone groups is 1. The molecule has 2 aliphatic carbocycles. The SMILES string of the molecule is O=c1[nH]c(N/N=C\c2ccc(Br)cc2)nc2c1C1(CCCCC1)Cc1ccccc1-2. The lowest BCUT2D eigenvalue weighted by atomic mass is 9.62. The van der Waals surface area contributed by atoms with Crippen LogP contribution in [0.15, 0.2) is 62.9 Å². The van der Waals surface area contributed by atoms with Gasteiger partial charge in [0.15, 0.2) is 0 Å². The molecule has 1 fully saturated rings. The van der Waals surface area contributed by atoms with Gasteiger partial charge in [0.1, 0.15) is 0 Å². The van der Waals surface area contributed by atoms with E-state index in [0.717, 1.165) is 46.1 Å². The van der Waals surface area contributed by atoms with Gasteiger partial charge >= 0.3 is 0 Å². The van der Waals surface area contributed by atoms with Gasteiger partial charge in [-0.2, -0.15) is 5.10 Å². The molecule has 0 amide bonds. The molecule has 0 atom stereocenters. The Balaban J connectivity index is 1.53. The van der Waals surface area contributed by atoms with Crippen molar-refractivity contribution >= 4 is 28.1 Å². The summed E-state index contributed by atoms with van der Waals surface area (Å²) in [5.74, 6) is 0.370. The van der Waals surface area contributed by atoms with Crippen molar-refractivity contribution in [3.05, 3.63) is 80.0 Å². The molecule has 5 rings (SSSR count). The minimum absolute atomic E-state index is 0.0438. The second kappa shape index (κ2) is 7.84. The Bertz CT molecular complexity index is 1160. The molecular formula is C24H23BrN4O. The highest BCUT2D eigenvalue weighted by Crippen LogP contribution is 2.48. The van der Waals surface area contributed by atoms with Crippen LogP contribution in [0.3, 0.4) is 0 Å². The number of nitrogens with zero attached hydrogens (tertiary/aromatic N) is 2. The molecule has 1 aromatic heterocycles. The highest BCUT2D eigenvalue weighted by Gasteiger charge is 2.42. The topological polar surface area (TPSA) is 70.1 Å². The van der Waals surface area contributed by atoms with Crippen LogP contribution >= 0.6 is 15.9 Å². The maximum atomic E-state index is 13.2. The number of aromatic amines is 1. The van der Waals surface area contributed by atoms with Crippen molar-refractivity contribution in [3.63, 3.8) is 0 Å². The molecular weight excluding hydrogens is 440 g/mol. The molecule has 5 nitrogen and oxygen atoms in total. The number of anilines is 1. The number of halogens is 1. The Morgan fingerprint density at radius 2 is 1.83 bits per heavy atom. The highest BCUT2D eigenvalue weighted by atomic mass is 79.9. The number of fused-ring (bicyclic) bond motifs is 4. The Labute approximate surface area is 183 Å². The Morgan fingerprint density at radius 3 is 2.63 bits per heavy atom. The van der Waals surface area contributed by atoms with Crippen molar-refractivity contribution in [1.29, 1.82) is 0 Å². The maximum Gasteiger partial charge on any atom is 0.256 e. The summed E-state index contributed by atoms with van der Waals surface area (Å²) < 4.78 is 1.02. The fourth-order valence-electron chi connectivity index (χ4n) is 4.94. The van der Waals surface area contributed by atoms with E-state index in [9.17, 15) is 4.79 Å². The van der Waals surface area contributed by atoms with E-state index in [1.54, 1.807) is 6.21 Å². The zero-order valence-corrected chi connectivity index (χ0v) is 18.2. The van der Waals surface area contributed by atoms with E-state index in [2.05, 4.69) is 49.6 Å². The Morgan fingerprint density at radius 1 is 1.07 bits per heavy atom. The third-order valence-corrected chi connectivity index (χ3v) is 6.84. The summed E-state index contributed by atoms with van der Waals surface area (Å²) in [4.78, 5) is 21.0. The van der Waals surface area contributed by atoms with E-state index < -0.39 is 0 Å². The zero-order chi connectivity index (χ0) is 20.6. The first kappa shape index (κ1) is 19.2. The van der Waals surface area contributed by atoms with Crippen LogP contribution in [-0.2, 0) is 11.8 Å². The molecule has 0 saturated heterocycles. The molecule has 1 heterocycles. The van der Waals surface area contributed by atoms with Crippen LogP contribution in [0.25, 0.3) is 11.3 Å². The quantitative estimate of drug-likeness (QED) is 0.404. The normalized spacial score (nSPS) is 17.0. The molecule has 1 spiro atoms. The standard InChI is InChI=1S/C24H23BrN4O/c25-18-10-8-16(9-11-18)15-26-29-23-27-21-19-7-3-2-6-17(19)14-24(12-4-1-5-13-24)20(21)22(30)28-23/h2-3,6-11,15H,1,4-5,12-14H2,(H2,27,28,29,30)/b26-15-. The first-order valence-corrected chi connectivity index (χ1v) is 11.2. The van der Waals surface area contributed by atoms with Gasteiger partial charge in [-0.25, -0.2) is 10.4 Å². The van der Waals surface area contributed by atoms with Crippen LogP contribution in [-0.4, -0.2) is 16.2 Å². The van der Waals surface area contributed by atoms with Gasteiger partial charge in [0.25, 0.3) is 5.56 Å². The molecule has 0 unspecified atom stereocenters. The minimum atomic E-state index is -0.0955. The monoisotopic (exact) mass is 462 g/mol. The zero-order valence-electron chi connectivity index (χ0n) is 16.6. The summed E-state index contributed by atoms with van der Waals surface area (Å²) in [6.07, 6.45) is 8.31. The van der Waals surface area contributed by atoms with Crippen molar-refractivity contribution in [2.24, 2.45) is 5.10 Å². The summed E-state index contributed by atoms with van der Waals surface area (Å²) >= 11 is 3.43. The lowest BCUT2D eigenvalue weighted by Crippen LogP contribution is -2.40. The minimum Gasteiger partial charge on any atom is -0.291 e. The summed E-state index contributed by atoms with van der Waals surface area (Å²) in [6, 6.07) is 16.2. The molecule has 0 radical (unpaired) electrons. The first-order valence-electron chi connectivity index (χ1n) is 10.4. The fourth-order valence-corrected chi connectivity index (χ4v) is 5.21. The second-order valence-electron chi connectivity index (χ2n) is 8.23. The number of rotatable bonds is 3. The molecule has 3 aromatic rings. The van der Waals surface area contributed by atoms with Crippen molar-refractivity contribution in [2.45, 2.75) is 43.9 Å². The first-order chi connectivity index (χ1) is 14.6. The van der Waals surface area contributed by atoms with Crippen LogP contribution < -0.4 is 11.0 Å². The average molecular weight is 463 g/mol. The molecule has 6 heteroatoms. The summed E-state index contributed by atoms with van der Waals surface area (Å²) in [5, 5.41) is 4.27. The summed E-state index contributed by atoms with van der Waals surface area (Å²) in [5.41, 5.74) is 7.75. The molecule has 2 N–H and O–H groups in total. The van der Waals surface area contributed by atoms with Gasteiger partial charge in [-0.3, -0.25) is 9.78 Å². The van der Waals surface area contributed by atoms with Crippen molar-refractivity contribution in [3.8, 4) is 11.3 Å². The third-order valence-electron chi connectivity index (χ3n) is 6.32. The summed E-state index contributed by atoms with van der Waals surface area (Å²) in [7, 11) is 0. The molecule has 152 valence electrons. The number of aromatic nitrogens is 2. The lowest BCUT2D eigenvalue weighted by molar-refractivity contribution is 0.285. The molecule has 0 bridgehead atoms. The van der Waals surface area contributed by atoms with Crippen molar-refractivity contribution in [1.82, 2.24) is 9.97 Å². The van der Waals surface area contributed by atoms with Crippen LogP contribution in [0.2, 0.25) is 0 Å². The van der Waals surface area contributed by atoms with Gasteiger partial charge in [-0.1, -0.05) is 71.6 Å². The van der Waals surface area contributed by atoms with Crippen molar-refractivity contribution < 1.29 is 0 Å². The molecule has 2 aromatic carbocycles. The van der Waals surface area contributed by atoms with E-state index in [-0.39, 0.29) is 11.0 Å². The largest absolute Gasteiger partial charge is 0.291 e. The van der Waals surface area contributed by atoms with E-state index >= 15 is 0 Å². The number of benzene rings is 2. The van der Waals surface area contributed by atoms with E-state index in [1.165, 1.54) is 24.8 Å². The number of H-pyrrole nitrogens is 1.